The molecular formula is C23H25N5O7S2. The summed E-state index contributed by atoms with van der Waals surface area (Å²) in [4.78, 5) is 51.5. The van der Waals surface area contributed by atoms with Crippen molar-refractivity contribution in [3.05, 3.63) is 56.9 Å². The van der Waals surface area contributed by atoms with E-state index >= 15 is 0 Å². The van der Waals surface area contributed by atoms with Gasteiger partial charge in [0.25, 0.3) is 5.69 Å². The molecule has 12 nitrogen and oxygen atoms in total. The second-order valence-electron chi connectivity index (χ2n) is 8.69. The summed E-state index contributed by atoms with van der Waals surface area (Å²) in [5, 5.41) is 16.5. The SMILES string of the molecule is [2H]C([2H])(NC1=C(C)C(=O)C2=C(C1=O)[C@@H](COC(N)=O)[C@@]1(OC)[C@H]3N[C@H]3CN21)C([2H])([2H])SSc1ccc([N+](=O)[O-])cc1. The first kappa shape index (κ1) is 20.9. The number of non-ortho nitro benzene ring substituents is 1. The number of nitrogens with two attached hydrogens (primary N) is 1. The summed E-state index contributed by atoms with van der Waals surface area (Å²) in [6.07, 6.45) is -1.08. The number of nitrogens with zero attached hydrogens (tertiary/aromatic N) is 2. The summed E-state index contributed by atoms with van der Waals surface area (Å²) >= 11 is 0. The van der Waals surface area contributed by atoms with Gasteiger partial charge in [-0.15, -0.1) is 0 Å². The number of fused-ring (bicyclic) bond motifs is 4. The highest BCUT2D eigenvalue weighted by atomic mass is 33.1. The molecule has 0 saturated carbocycles. The molecule has 1 amide bonds. The fraction of sp³-hybridized carbons (Fsp3) is 0.435. The number of carbonyl (C=O) groups excluding carboxylic acids is 3. The summed E-state index contributed by atoms with van der Waals surface area (Å²) in [6, 6.07) is 5.04. The summed E-state index contributed by atoms with van der Waals surface area (Å²) in [6.45, 7) is -1.52. The van der Waals surface area contributed by atoms with Gasteiger partial charge in [-0.2, -0.15) is 0 Å². The van der Waals surface area contributed by atoms with Crippen LogP contribution in [0.2, 0.25) is 0 Å². The van der Waals surface area contributed by atoms with Gasteiger partial charge in [-0.1, -0.05) is 21.6 Å². The molecule has 5 rings (SSSR count). The largest absolute Gasteiger partial charge is 0.449 e. The smallest absolute Gasteiger partial charge is 0.404 e. The zero-order valence-electron chi connectivity index (χ0n) is 23.6. The van der Waals surface area contributed by atoms with Crippen LogP contribution in [0.4, 0.5) is 10.5 Å². The lowest BCUT2D eigenvalue weighted by molar-refractivity contribution is -0.384. The average Bonchev–Trinajstić information content (AvgIpc) is 3.53. The molecule has 1 aliphatic carbocycles. The van der Waals surface area contributed by atoms with Gasteiger partial charge in [-0.25, -0.2) is 4.79 Å². The molecule has 3 heterocycles. The molecule has 1 aromatic rings. The third-order valence-electron chi connectivity index (χ3n) is 6.89. The van der Waals surface area contributed by atoms with Gasteiger partial charge in [-0.05, 0) is 19.1 Å². The molecule has 0 bridgehead atoms. The molecule has 14 heteroatoms. The van der Waals surface area contributed by atoms with Crippen LogP contribution in [0.3, 0.4) is 0 Å². The van der Waals surface area contributed by atoms with Crippen molar-refractivity contribution in [1.82, 2.24) is 15.5 Å². The van der Waals surface area contributed by atoms with Crippen LogP contribution in [0, 0.1) is 16.0 Å². The Balaban J connectivity index is 1.40. The highest BCUT2D eigenvalue weighted by molar-refractivity contribution is 8.76. The van der Waals surface area contributed by atoms with Crippen molar-refractivity contribution < 1.29 is 34.3 Å². The molecule has 37 heavy (non-hydrogen) atoms. The number of nitro groups is 1. The lowest BCUT2D eigenvalue weighted by atomic mass is 9.82. The number of hydrogen-bond acceptors (Lipinski definition) is 12. The number of ether oxygens (including phenoxy) is 2. The minimum atomic E-state index is -2.87. The number of amides is 1. The van der Waals surface area contributed by atoms with Crippen LogP contribution in [-0.4, -0.2) is 77.8 Å². The molecular weight excluding hydrogens is 522 g/mol. The predicted molar refractivity (Wildman–Crippen MR) is 135 cm³/mol. The molecule has 0 spiro atoms. The van der Waals surface area contributed by atoms with E-state index in [1.807, 2.05) is 0 Å². The minimum Gasteiger partial charge on any atom is -0.449 e. The van der Waals surface area contributed by atoms with Crippen molar-refractivity contribution in [1.29, 1.82) is 0 Å². The first-order valence-electron chi connectivity index (χ1n) is 13.1. The molecule has 1 aromatic carbocycles. The number of primary amides is 1. The number of Topliss-reactive ketones (excluding diaryl/α,β-unsaturated/α-hetero) is 2. The van der Waals surface area contributed by atoms with Crippen LogP contribution in [-0.2, 0) is 19.1 Å². The van der Waals surface area contributed by atoms with E-state index in [4.69, 9.17) is 20.7 Å². The van der Waals surface area contributed by atoms with Crippen LogP contribution in [0.1, 0.15) is 12.4 Å². The number of methoxy groups -OCH3 is 1. The van der Waals surface area contributed by atoms with Crippen molar-refractivity contribution in [3.8, 4) is 0 Å². The molecule has 3 aliphatic heterocycles. The fourth-order valence-corrected chi connectivity index (χ4v) is 6.59. The number of nitrogens with one attached hydrogen (secondary N) is 2. The molecule has 0 aromatic heterocycles. The number of rotatable bonds is 10. The first-order chi connectivity index (χ1) is 19.2. The van der Waals surface area contributed by atoms with Crippen LogP contribution in [0.25, 0.3) is 0 Å². The molecule has 4 atom stereocenters. The van der Waals surface area contributed by atoms with Gasteiger partial charge < -0.3 is 30.7 Å². The Morgan fingerprint density at radius 3 is 2.76 bits per heavy atom. The first-order valence-corrected chi connectivity index (χ1v) is 13.2. The van der Waals surface area contributed by atoms with E-state index in [1.54, 1.807) is 4.90 Å². The van der Waals surface area contributed by atoms with E-state index in [-0.39, 0.29) is 41.2 Å². The van der Waals surface area contributed by atoms with Crippen LogP contribution in [0.15, 0.2) is 51.7 Å². The quantitative estimate of drug-likeness (QED) is 0.125. The third-order valence-corrected chi connectivity index (χ3v) is 8.70. The topological polar surface area (TPSA) is 176 Å². The summed E-state index contributed by atoms with van der Waals surface area (Å²) in [7, 11) is 2.78. The Morgan fingerprint density at radius 1 is 1.38 bits per heavy atom. The van der Waals surface area contributed by atoms with E-state index in [0.29, 0.717) is 22.2 Å². The molecule has 4 N–H and O–H groups in total. The van der Waals surface area contributed by atoms with Crippen molar-refractivity contribution in [2.45, 2.75) is 29.6 Å². The van der Waals surface area contributed by atoms with E-state index in [0.717, 1.165) is 10.8 Å². The standard InChI is InChI=1S/C23H25N5O7S2/c1-11-17(25-7-8-36-37-13-5-3-12(4-6-13)28(32)33)20(30)16-14(10-35-22(24)31)23(34-2)21-15(26-21)9-27(23)18(16)19(11)29/h3-6,14-15,21,25-26H,7-10H2,1-2H3,(H2,24,31)/t14-,15+,21+,23-/m1/s1/i7D2,8D2. The molecule has 196 valence electrons. The Hall–Kier alpha value is -3.07. The number of nitro benzene ring substituents is 1. The average molecular weight is 552 g/mol. The van der Waals surface area contributed by atoms with Gasteiger partial charge in [0.1, 0.15) is 6.61 Å². The molecule has 0 radical (unpaired) electrons. The summed E-state index contributed by atoms with van der Waals surface area (Å²) < 4.78 is 44.8. The number of allylic oxidation sites excluding steroid dienone is 2. The van der Waals surface area contributed by atoms with Crippen LogP contribution < -0.4 is 16.4 Å². The zero-order valence-corrected chi connectivity index (χ0v) is 21.2. The lowest BCUT2D eigenvalue weighted by Gasteiger charge is -2.39. The summed E-state index contributed by atoms with van der Waals surface area (Å²) in [5.74, 6) is -2.24. The van der Waals surface area contributed by atoms with Gasteiger partial charge >= 0.3 is 6.09 Å². The second-order valence-corrected chi connectivity index (χ2v) is 10.7. The van der Waals surface area contributed by atoms with Gasteiger partial charge in [0.2, 0.25) is 11.6 Å². The van der Waals surface area contributed by atoms with Crippen LogP contribution >= 0.6 is 21.6 Å². The van der Waals surface area contributed by atoms with Gasteiger partial charge in [-0.3, -0.25) is 19.7 Å². The van der Waals surface area contributed by atoms with Crippen molar-refractivity contribution in [2.75, 3.05) is 32.5 Å². The van der Waals surface area contributed by atoms with Crippen LogP contribution in [0.5, 0.6) is 0 Å². The molecule has 2 saturated heterocycles. The third kappa shape index (κ3) is 4.17. The number of piperazine rings is 1. The maximum absolute atomic E-state index is 13.9. The number of benzene rings is 1. The van der Waals surface area contributed by atoms with Gasteiger partial charge in [0.15, 0.2) is 5.72 Å². The normalized spacial score (nSPS) is 30.1. The number of carbonyl (C=O) groups is 3. The van der Waals surface area contributed by atoms with Crippen molar-refractivity contribution in [3.63, 3.8) is 0 Å². The maximum Gasteiger partial charge on any atom is 0.404 e. The Bertz CT molecular complexity index is 1420. The summed E-state index contributed by atoms with van der Waals surface area (Å²) in [5.41, 5.74) is 0.715. The van der Waals surface area contributed by atoms with Crippen molar-refractivity contribution >= 4 is 44.9 Å². The Kier molecular flexibility index (Phi) is 5.47. The minimum absolute atomic E-state index is 0.00144. The van der Waals surface area contributed by atoms with E-state index in [9.17, 15) is 24.5 Å². The Labute approximate surface area is 225 Å². The predicted octanol–water partition coefficient (Wildman–Crippen LogP) is 1.33. The monoisotopic (exact) mass is 551 g/mol. The highest BCUT2D eigenvalue weighted by Gasteiger charge is 2.72. The maximum atomic E-state index is 13.9. The van der Waals surface area contributed by atoms with E-state index < -0.39 is 52.1 Å². The second kappa shape index (κ2) is 9.67. The van der Waals surface area contributed by atoms with E-state index in [2.05, 4.69) is 10.6 Å². The molecule has 2 fully saturated rings. The van der Waals surface area contributed by atoms with Gasteiger partial charge in [0.05, 0.1) is 28.3 Å². The number of hydrogen-bond donors (Lipinski definition) is 3. The van der Waals surface area contributed by atoms with E-state index in [1.165, 1.54) is 38.3 Å². The van der Waals surface area contributed by atoms with Crippen molar-refractivity contribution in [2.24, 2.45) is 11.7 Å². The molecule has 0 unspecified atom stereocenters. The fourth-order valence-electron chi connectivity index (χ4n) is 5.24. The Morgan fingerprint density at radius 2 is 2.11 bits per heavy atom. The highest BCUT2D eigenvalue weighted by Crippen LogP contribution is 2.55. The molecule has 4 aliphatic rings. The zero-order chi connectivity index (χ0) is 30.1. The van der Waals surface area contributed by atoms with Gasteiger partial charge in [0, 0.05) is 65.6 Å². The lowest BCUT2D eigenvalue weighted by Crippen LogP contribution is -2.55. The number of ketones is 2.